The summed E-state index contributed by atoms with van der Waals surface area (Å²) in [5, 5.41) is 3.24. The molecule has 1 atom stereocenters. The number of carbonyl (C=O) groups is 1. The molecule has 170 valence electrons. The lowest BCUT2D eigenvalue weighted by Gasteiger charge is -2.20. The summed E-state index contributed by atoms with van der Waals surface area (Å²) < 4.78 is 38.9. The summed E-state index contributed by atoms with van der Waals surface area (Å²) in [5.74, 6) is 0.397. The van der Waals surface area contributed by atoms with E-state index in [1.54, 1.807) is 7.05 Å². The van der Waals surface area contributed by atoms with Gasteiger partial charge in [0.05, 0.1) is 27.8 Å². The minimum atomic E-state index is -3.65. The van der Waals surface area contributed by atoms with Crippen molar-refractivity contribution in [2.45, 2.75) is 30.8 Å². The van der Waals surface area contributed by atoms with E-state index in [0.717, 1.165) is 28.8 Å². The monoisotopic (exact) mass is 475 g/mol. The van der Waals surface area contributed by atoms with Crippen molar-refractivity contribution in [2.24, 2.45) is 0 Å². The van der Waals surface area contributed by atoms with Crippen LogP contribution >= 0.6 is 11.3 Å². The summed E-state index contributed by atoms with van der Waals surface area (Å²) in [6.07, 6.45) is 1.74. The first-order valence-electron chi connectivity index (χ1n) is 10.4. The van der Waals surface area contributed by atoms with Crippen molar-refractivity contribution < 1.29 is 22.7 Å². The zero-order valence-electron chi connectivity index (χ0n) is 17.9. The minimum Gasteiger partial charge on any atom is -0.494 e. The van der Waals surface area contributed by atoms with Gasteiger partial charge in [-0.1, -0.05) is 11.3 Å². The largest absolute Gasteiger partial charge is 0.494 e. The van der Waals surface area contributed by atoms with Crippen molar-refractivity contribution in [3.05, 3.63) is 48.0 Å². The third-order valence-electron chi connectivity index (χ3n) is 5.20. The van der Waals surface area contributed by atoms with Gasteiger partial charge in [-0.05, 0) is 62.2 Å². The molecular weight excluding hydrogens is 450 g/mol. The molecule has 2 aromatic carbocycles. The Bertz CT molecular complexity index is 1200. The van der Waals surface area contributed by atoms with Crippen LogP contribution in [0.1, 0.15) is 30.1 Å². The van der Waals surface area contributed by atoms with Crippen LogP contribution in [0.4, 0.5) is 5.13 Å². The number of hydrogen-bond donors (Lipinski definition) is 1. The van der Waals surface area contributed by atoms with Gasteiger partial charge < -0.3 is 9.47 Å². The highest BCUT2D eigenvalue weighted by molar-refractivity contribution is 7.89. The van der Waals surface area contributed by atoms with Crippen LogP contribution in [-0.2, 0) is 14.8 Å². The molecule has 32 heavy (non-hydrogen) atoms. The topological polar surface area (TPSA) is 97.8 Å². The van der Waals surface area contributed by atoms with E-state index in [2.05, 4.69) is 10.3 Å². The standard InChI is InChI=1S/C22H25N3O5S2/c1-3-29-16-8-11-19-20(13-16)31-22(23-19)24-21(26)15-6-9-18(10-7-15)32(27,28)25(2)14-17-5-4-12-30-17/h6-11,13,17H,3-5,12,14H2,1-2H3,(H,23,24,26). The summed E-state index contributed by atoms with van der Waals surface area (Å²) in [5.41, 5.74) is 1.12. The smallest absolute Gasteiger partial charge is 0.257 e. The van der Waals surface area contributed by atoms with Crippen LogP contribution in [0.5, 0.6) is 5.75 Å². The molecular formula is C22H25N3O5S2. The maximum absolute atomic E-state index is 12.8. The third kappa shape index (κ3) is 4.93. The highest BCUT2D eigenvalue weighted by Crippen LogP contribution is 2.29. The highest BCUT2D eigenvalue weighted by Gasteiger charge is 2.26. The molecule has 1 aromatic heterocycles. The highest BCUT2D eigenvalue weighted by atomic mass is 32.2. The van der Waals surface area contributed by atoms with Gasteiger partial charge in [0.1, 0.15) is 5.75 Å². The molecule has 0 bridgehead atoms. The average Bonchev–Trinajstić information content (AvgIpc) is 3.43. The fraction of sp³-hybridized carbons (Fsp3) is 0.364. The van der Waals surface area contributed by atoms with Crippen molar-refractivity contribution >= 4 is 42.6 Å². The van der Waals surface area contributed by atoms with Crippen molar-refractivity contribution in [1.29, 1.82) is 0 Å². The predicted octanol–water partition coefficient (Wildman–Crippen LogP) is 3.75. The van der Waals surface area contributed by atoms with E-state index in [-0.39, 0.29) is 16.9 Å². The van der Waals surface area contributed by atoms with E-state index in [4.69, 9.17) is 9.47 Å². The number of anilines is 1. The van der Waals surface area contributed by atoms with E-state index < -0.39 is 10.0 Å². The minimum absolute atomic E-state index is 0.0711. The Kier molecular flexibility index (Phi) is 6.75. The number of rotatable bonds is 8. The molecule has 1 saturated heterocycles. The van der Waals surface area contributed by atoms with Gasteiger partial charge in [-0.3, -0.25) is 10.1 Å². The second kappa shape index (κ2) is 9.53. The number of fused-ring (bicyclic) bond motifs is 1. The zero-order chi connectivity index (χ0) is 22.7. The molecule has 4 rings (SSSR count). The second-order valence-electron chi connectivity index (χ2n) is 7.48. The molecule has 1 fully saturated rings. The first-order chi connectivity index (χ1) is 15.4. The van der Waals surface area contributed by atoms with E-state index in [0.29, 0.717) is 30.5 Å². The molecule has 1 aliphatic rings. The summed E-state index contributed by atoms with van der Waals surface area (Å²) in [4.78, 5) is 17.2. The van der Waals surface area contributed by atoms with Gasteiger partial charge in [0.2, 0.25) is 10.0 Å². The third-order valence-corrected chi connectivity index (χ3v) is 7.97. The van der Waals surface area contributed by atoms with Gasteiger partial charge in [-0.2, -0.15) is 4.31 Å². The molecule has 0 saturated carbocycles. The zero-order valence-corrected chi connectivity index (χ0v) is 19.5. The van der Waals surface area contributed by atoms with Gasteiger partial charge in [-0.15, -0.1) is 0 Å². The number of thiazole rings is 1. The fourth-order valence-electron chi connectivity index (χ4n) is 3.52. The first-order valence-corrected chi connectivity index (χ1v) is 12.6. The number of carbonyl (C=O) groups excluding carboxylic acids is 1. The number of nitrogens with zero attached hydrogens (tertiary/aromatic N) is 2. The van der Waals surface area contributed by atoms with Crippen molar-refractivity contribution in [3.63, 3.8) is 0 Å². The quantitative estimate of drug-likeness (QED) is 0.533. The average molecular weight is 476 g/mol. The van der Waals surface area contributed by atoms with Gasteiger partial charge >= 0.3 is 0 Å². The molecule has 8 nitrogen and oxygen atoms in total. The Balaban J connectivity index is 1.44. The van der Waals surface area contributed by atoms with Gasteiger partial charge in [0.25, 0.3) is 5.91 Å². The molecule has 1 unspecified atom stereocenters. The summed E-state index contributed by atoms with van der Waals surface area (Å²) in [6.45, 7) is 3.47. The van der Waals surface area contributed by atoms with Gasteiger partial charge in [0, 0.05) is 25.8 Å². The van der Waals surface area contributed by atoms with E-state index in [1.807, 2.05) is 25.1 Å². The van der Waals surface area contributed by atoms with Crippen LogP contribution in [0.15, 0.2) is 47.4 Å². The number of nitrogens with one attached hydrogen (secondary N) is 1. The molecule has 0 spiro atoms. The maximum atomic E-state index is 12.8. The Morgan fingerprint density at radius 3 is 2.75 bits per heavy atom. The van der Waals surface area contributed by atoms with E-state index in [1.165, 1.54) is 39.9 Å². The van der Waals surface area contributed by atoms with Crippen LogP contribution in [0.25, 0.3) is 10.2 Å². The van der Waals surface area contributed by atoms with Crippen molar-refractivity contribution in [1.82, 2.24) is 9.29 Å². The van der Waals surface area contributed by atoms with E-state index in [9.17, 15) is 13.2 Å². The number of amides is 1. The SMILES string of the molecule is CCOc1ccc2nc(NC(=O)c3ccc(S(=O)(=O)N(C)CC4CCCO4)cc3)sc2c1. The Morgan fingerprint density at radius 1 is 1.28 bits per heavy atom. The van der Waals surface area contributed by atoms with Gasteiger partial charge in [-0.25, -0.2) is 13.4 Å². The molecule has 0 aliphatic carbocycles. The summed E-state index contributed by atoms with van der Waals surface area (Å²) >= 11 is 1.35. The molecule has 1 N–H and O–H groups in total. The summed E-state index contributed by atoms with van der Waals surface area (Å²) in [7, 11) is -2.11. The Morgan fingerprint density at radius 2 is 2.06 bits per heavy atom. The normalized spacial score (nSPS) is 16.5. The maximum Gasteiger partial charge on any atom is 0.257 e. The van der Waals surface area contributed by atoms with Crippen LogP contribution in [0.2, 0.25) is 0 Å². The first kappa shape index (κ1) is 22.7. The lowest BCUT2D eigenvalue weighted by Crippen LogP contribution is -2.34. The number of sulfonamides is 1. The van der Waals surface area contributed by atoms with Crippen LogP contribution in [-0.4, -0.2) is 56.5 Å². The van der Waals surface area contributed by atoms with Crippen molar-refractivity contribution in [3.8, 4) is 5.75 Å². The van der Waals surface area contributed by atoms with E-state index >= 15 is 0 Å². The lowest BCUT2D eigenvalue weighted by molar-refractivity contribution is 0.0979. The molecule has 10 heteroatoms. The number of aromatic nitrogens is 1. The second-order valence-corrected chi connectivity index (χ2v) is 10.6. The number of likely N-dealkylation sites (N-methyl/N-ethyl adjacent to an activating group) is 1. The molecule has 1 amide bonds. The van der Waals surface area contributed by atoms with Crippen LogP contribution in [0.3, 0.4) is 0 Å². The van der Waals surface area contributed by atoms with Crippen molar-refractivity contribution in [2.75, 3.05) is 32.1 Å². The molecule has 0 radical (unpaired) electrons. The van der Waals surface area contributed by atoms with Gasteiger partial charge in [0.15, 0.2) is 5.13 Å². The predicted molar refractivity (Wildman–Crippen MR) is 124 cm³/mol. The number of ether oxygens (including phenoxy) is 2. The lowest BCUT2D eigenvalue weighted by atomic mass is 10.2. The fourth-order valence-corrected chi connectivity index (χ4v) is 5.61. The molecule has 2 heterocycles. The molecule has 1 aliphatic heterocycles. The molecule has 3 aromatic rings. The number of hydrogen-bond acceptors (Lipinski definition) is 7. The number of benzene rings is 2. The Hall–Kier alpha value is -2.53. The summed E-state index contributed by atoms with van der Waals surface area (Å²) in [6, 6.07) is 11.5. The van der Waals surface area contributed by atoms with Crippen LogP contribution in [0, 0.1) is 0 Å². The Labute approximate surface area is 191 Å². The van der Waals surface area contributed by atoms with Crippen LogP contribution < -0.4 is 10.1 Å².